The van der Waals surface area contributed by atoms with Crippen molar-refractivity contribution >= 4 is 17.3 Å². The Morgan fingerprint density at radius 1 is 1.07 bits per heavy atom. The lowest BCUT2D eigenvalue weighted by molar-refractivity contribution is 0.126. The maximum Gasteiger partial charge on any atom is 0.0541 e. The summed E-state index contributed by atoms with van der Waals surface area (Å²) in [5.74, 6) is 0. The zero-order valence-corrected chi connectivity index (χ0v) is 9.37. The summed E-state index contributed by atoms with van der Waals surface area (Å²) in [7, 11) is 0. The number of aliphatic hydroxyl groups is 1. The van der Waals surface area contributed by atoms with Crippen LogP contribution in [0.4, 0.5) is 5.69 Å². The molecule has 1 saturated carbocycles. The maximum atomic E-state index is 9.38. The van der Waals surface area contributed by atoms with Gasteiger partial charge in [-0.3, -0.25) is 0 Å². The second kappa shape index (κ2) is 4.86. The second-order valence-corrected chi connectivity index (χ2v) is 4.59. The topological polar surface area (TPSA) is 32.3 Å². The van der Waals surface area contributed by atoms with Crippen molar-refractivity contribution in [2.75, 3.05) is 5.32 Å². The Labute approximate surface area is 95.3 Å². The monoisotopic (exact) mass is 225 g/mol. The number of hydrogen-bond donors (Lipinski definition) is 2. The fourth-order valence-electron chi connectivity index (χ4n) is 2.00. The molecular formula is C12H16ClNO. The fraction of sp³-hybridized carbons (Fsp3) is 0.500. The Balaban J connectivity index is 1.89. The van der Waals surface area contributed by atoms with Crippen molar-refractivity contribution in [3.63, 3.8) is 0 Å². The molecule has 1 aromatic rings. The number of benzene rings is 1. The van der Waals surface area contributed by atoms with Gasteiger partial charge in [0.25, 0.3) is 0 Å². The highest BCUT2D eigenvalue weighted by Crippen LogP contribution is 2.22. The molecule has 0 spiro atoms. The molecule has 0 atom stereocenters. The maximum absolute atomic E-state index is 9.38. The quantitative estimate of drug-likeness (QED) is 0.811. The van der Waals surface area contributed by atoms with Crippen LogP contribution >= 0.6 is 11.6 Å². The molecule has 82 valence electrons. The Morgan fingerprint density at radius 3 is 2.27 bits per heavy atom. The number of anilines is 1. The first-order valence-corrected chi connectivity index (χ1v) is 5.82. The molecule has 15 heavy (non-hydrogen) atoms. The third-order valence-corrected chi connectivity index (χ3v) is 3.16. The van der Waals surface area contributed by atoms with Crippen molar-refractivity contribution in [2.45, 2.75) is 37.8 Å². The van der Waals surface area contributed by atoms with Gasteiger partial charge in [-0.1, -0.05) is 11.6 Å². The van der Waals surface area contributed by atoms with Gasteiger partial charge in [0.15, 0.2) is 0 Å². The average Bonchev–Trinajstić information content (AvgIpc) is 2.25. The van der Waals surface area contributed by atoms with Gasteiger partial charge < -0.3 is 10.4 Å². The molecule has 0 amide bonds. The lowest BCUT2D eigenvalue weighted by atomic mass is 9.93. The highest BCUT2D eigenvalue weighted by molar-refractivity contribution is 6.30. The van der Waals surface area contributed by atoms with E-state index in [1.165, 1.54) is 0 Å². The van der Waals surface area contributed by atoms with Crippen molar-refractivity contribution in [1.29, 1.82) is 0 Å². The smallest absolute Gasteiger partial charge is 0.0541 e. The van der Waals surface area contributed by atoms with Crippen LogP contribution in [0.5, 0.6) is 0 Å². The summed E-state index contributed by atoms with van der Waals surface area (Å²) < 4.78 is 0. The lowest BCUT2D eigenvalue weighted by Gasteiger charge is -2.27. The minimum Gasteiger partial charge on any atom is -0.393 e. The largest absolute Gasteiger partial charge is 0.393 e. The van der Waals surface area contributed by atoms with Crippen LogP contribution in [0.3, 0.4) is 0 Å². The van der Waals surface area contributed by atoms with Gasteiger partial charge in [-0.15, -0.1) is 0 Å². The predicted octanol–water partition coefficient (Wildman–Crippen LogP) is 3.06. The van der Waals surface area contributed by atoms with E-state index in [1.807, 2.05) is 24.3 Å². The minimum absolute atomic E-state index is 0.0896. The molecule has 2 rings (SSSR count). The van der Waals surface area contributed by atoms with Gasteiger partial charge in [0.2, 0.25) is 0 Å². The third-order valence-electron chi connectivity index (χ3n) is 2.91. The van der Waals surface area contributed by atoms with Gasteiger partial charge in [-0.2, -0.15) is 0 Å². The molecule has 2 nitrogen and oxygen atoms in total. The van der Waals surface area contributed by atoms with Crippen LogP contribution in [0, 0.1) is 0 Å². The summed E-state index contributed by atoms with van der Waals surface area (Å²) >= 11 is 5.81. The minimum atomic E-state index is -0.0896. The highest BCUT2D eigenvalue weighted by atomic mass is 35.5. The third kappa shape index (κ3) is 3.11. The first kappa shape index (κ1) is 10.8. The van der Waals surface area contributed by atoms with Crippen LogP contribution in [0.2, 0.25) is 5.02 Å². The summed E-state index contributed by atoms with van der Waals surface area (Å²) in [5, 5.41) is 13.6. The van der Waals surface area contributed by atoms with E-state index in [2.05, 4.69) is 5.32 Å². The van der Waals surface area contributed by atoms with Crippen LogP contribution in [-0.4, -0.2) is 17.3 Å². The van der Waals surface area contributed by atoms with E-state index in [1.54, 1.807) is 0 Å². The molecule has 0 unspecified atom stereocenters. The van der Waals surface area contributed by atoms with Crippen molar-refractivity contribution in [3.8, 4) is 0 Å². The molecule has 1 aliphatic carbocycles. The summed E-state index contributed by atoms with van der Waals surface area (Å²) in [6, 6.07) is 8.26. The van der Waals surface area contributed by atoms with Gasteiger partial charge in [0.05, 0.1) is 6.10 Å². The van der Waals surface area contributed by atoms with E-state index in [0.717, 1.165) is 36.4 Å². The summed E-state index contributed by atoms with van der Waals surface area (Å²) in [6.45, 7) is 0. The Morgan fingerprint density at radius 2 is 1.67 bits per heavy atom. The SMILES string of the molecule is OC1CCC(Nc2ccc(Cl)cc2)CC1. The van der Waals surface area contributed by atoms with Crippen LogP contribution in [-0.2, 0) is 0 Å². The first-order chi connectivity index (χ1) is 7.24. The predicted molar refractivity (Wildman–Crippen MR) is 63.3 cm³/mol. The molecule has 0 bridgehead atoms. The van der Waals surface area contributed by atoms with Crippen LogP contribution < -0.4 is 5.32 Å². The normalized spacial score (nSPS) is 26.3. The van der Waals surface area contributed by atoms with Crippen LogP contribution in [0.15, 0.2) is 24.3 Å². The van der Waals surface area contributed by atoms with Gasteiger partial charge in [0, 0.05) is 16.8 Å². The van der Waals surface area contributed by atoms with E-state index < -0.39 is 0 Å². The molecule has 1 fully saturated rings. The van der Waals surface area contributed by atoms with Gasteiger partial charge in [-0.05, 0) is 49.9 Å². The second-order valence-electron chi connectivity index (χ2n) is 4.16. The number of halogens is 1. The Bertz CT molecular complexity index is 304. The number of rotatable bonds is 2. The zero-order chi connectivity index (χ0) is 10.7. The molecule has 0 aliphatic heterocycles. The van der Waals surface area contributed by atoms with Crippen LogP contribution in [0.1, 0.15) is 25.7 Å². The van der Waals surface area contributed by atoms with E-state index in [-0.39, 0.29) is 6.10 Å². The molecule has 1 aromatic carbocycles. The van der Waals surface area contributed by atoms with Crippen molar-refractivity contribution < 1.29 is 5.11 Å². The van der Waals surface area contributed by atoms with E-state index in [0.29, 0.717) is 6.04 Å². The number of nitrogens with one attached hydrogen (secondary N) is 1. The molecule has 0 radical (unpaired) electrons. The molecule has 1 aliphatic rings. The lowest BCUT2D eigenvalue weighted by Crippen LogP contribution is -2.28. The van der Waals surface area contributed by atoms with Crippen LogP contribution in [0.25, 0.3) is 0 Å². The Hall–Kier alpha value is -0.730. The fourth-order valence-corrected chi connectivity index (χ4v) is 2.13. The van der Waals surface area contributed by atoms with E-state index in [4.69, 9.17) is 11.6 Å². The molecule has 0 saturated heterocycles. The highest BCUT2D eigenvalue weighted by Gasteiger charge is 2.18. The van der Waals surface area contributed by atoms with Gasteiger partial charge in [0.1, 0.15) is 0 Å². The zero-order valence-electron chi connectivity index (χ0n) is 8.62. The van der Waals surface area contributed by atoms with E-state index >= 15 is 0 Å². The molecule has 0 aromatic heterocycles. The first-order valence-electron chi connectivity index (χ1n) is 5.44. The molecule has 0 heterocycles. The van der Waals surface area contributed by atoms with Gasteiger partial charge in [-0.25, -0.2) is 0 Å². The van der Waals surface area contributed by atoms with Crippen molar-refractivity contribution in [3.05, 3.63) is 29.3 Å². The Kier molecular flexibility index (Phi) is 3.49. The molecule has 2 N–H and O–H groups in total. The molecular weight excluding hydrogens is 210 g/mol. The number of hydrogen-bond acceptors (Lipinski definition) is 2. The van der Waals surface area contributed by atoms with Gasteiger partial charge >= 0.3 is 0 Å². The number of aliphatic hydroxyl groups excluding tert-OH is 1. The summed E-state index contributed by atoms with van der Waals surface area (Å²) in [6.07, 6.45) is 3.82. The van der Waals surface area contributed by atoms with Crippen molar-refractivity contribution in [1.82, 2.24) is 0 Å². The molecule has 3 heteroatoms. The van der Waals surface area contributed by atoms with Crippen molar-refractivity contribution in [2.24, 2.45) is 0 Å². The summed E-state index contributed by atoms with van der Waals surface area (Å²) in [4.78, 5) is 0. The summed E-state index contributed by atoms with van der Waals surface area (Å²) in [5.41, 5.74) is 1.11. The standard InChI is InChI=1S/C12H16ClNO/c13-9-1-3-10(4-2-9)14-11-5-7-12(15)8-6-11/h1-4,11-12,14-15H,5-8H2. The van der Waals surface area contributed by atoms with E-state index in [9.17, 15) is 5.11 Å². The average molecular weight is 226 g/mol.